The Morgan fingerprint density at radius 2 is 2.45 bits per heavy atom. The first kappa shape index (κ1) is 7.08. The zero-order valence-corrected chi connectivity index (χ0v) is 6.92. The molecule has 0 aromatic rings. The Balaban J connectivity index is 2.28. The van der Waals surface area contributed by atoms with Gasteiger partial charge in [0.1, 0.15) is 6.29 Å². The van der Waals surface area contributed by atoms with Crippen molar-refractivity contribution in [1.29, 1.82) is 0 Å². The normalized spacial score (nSPS) is 46.6. The molecule has 0 aromatic carbocycles. The predicted octanol–water partition coefficient (Wildman–Crippen LogP) is 2.18. The summed E-state index contributed by atoms with van der Waals surface area (Å²) in [5, 5.41) is 0. The van der Waals surface area contributed by atoms with Crippen LogP contribution in [0.15, 0.2) is 12.2 Å². The van der Waals surface area contributed by atoms with Crippen LogP contribution in [0.5, 0.6) is 0 Å². The van der Waals surface area contributed by atoms with Crippen LogP contribution >= 0.6 is 0 Å². The molecule has 2 aliphatic carbocycles. The van der Waals surface area contributed by atoms with Crippen LogP contribution in [0.1, 0.15) is 26.2 Å². The monoisotopic (exact) mass is 150 g/mol. The van der Waals surface area contributed by atoms with E-state index >= 15 is 0 Å². The van der Waals surface area contributed by atoms with Crippen molar-refractivity contribution >= 4 is 6.29 Å². The molecule has 60 valence electrons. The largest absolute Gasteiger partial charge is 0.303 e. The highest BCUT2D eigenvalue weighted by molar-refractivity contribution is 5.62. The van der Waals surface area contributed by atoms with E-state index in [0.29, 0.717) is 11.8 Å². The van der Waals surface area contributed by atoms with Crippen molar-refractivity contribution < 1.29 is 4.79 Å². The van der Waals surface area contributed by atoms with E-state index in [9.17, 15) is 4.79 Å². The number of allylic oxidation sites excluding steroid dienone is 2. The third kappa shape index (κ3) is 0.800. The van der Waals surface area contributed by atoms with Gasteiger partial charge in [0.05, 0.1) is 0 Å². The Labute approximate surface area is 67.5 Å². The highest BCUT2D eigenvalue weighted by atomic mass is 16.1. The van der Waals surface area contributed by atoms with Crippen LogP contribution < -0.4 is 0 Å². The van der Waals surface area contributed by atoms with Crippen molar-refractivity contribution in [3.05, 3.63) is 12.2 Å². The van der Waals surface area contributed by atoms with E-state index in [0.717, 1.165) is 12.8 Å². The minimum Gasteiger partial charge on any atom is -0.303 e. The van der Waals surface area contributed by atoms with E-state index in [1.54, 1.807) is 0 Å². The second-order valence-corrected chi connectivity index (χ2v) is 3.90. The van der Waals surface area contributed by atoms with E-state index in [4.69, 9.17) is 0 Å². The van der Waals surface area contributed by atoms with Crippen LogP contribution in [0.25, 0.3) is 0 Å². The minimum absolute atomic E-state index is 0.0272. The molecule has 1 saturated carbocycles. The first-order valence-corrected chi connectivity index (χ1v) is 4.45. The maximum Gasteiger partial charge on any atom is 0.126 e. The van der Waals surface area contributed by atoms with Gasteiger partial charge < -0.3 is 4.79 Å². The molecule has 0 aromatic heterocycles. The molecule has 1 nitrogen and oxygen atoms in total. The Morgan fingerprint density at radius 1 is 1.64 bits per heavy atom. The summed E-state index contributed by atoms with van der Waals surface area (Å²) in [5.41, 5.74) is 0.0272. The van der Waals surface area contributed by atoms with E-state index in [-0.39, 0.29) is 5.41 Å². The van der Waals surface area contributed by atoms with E-state index in [2.05, 4.69) is 19.1 Å². The van der Waals surface area contributed by atoms with Crippen LogP contribution in [0, 0.1) is 17.3 Å². The predicted molar refractivity (Wildman–Crippen MR) is 44.1 cm³/mol. The highest BCUT2D eigenvalue weighted by Gasteiger charge is 2.46. The van der Waals surface area contributed by atoms with Gasteiger partial charge in [-0.2, -0.15) is 0 Å². The molecule has 2 bridgehead atoms. The first-order chi connectivity index (χ1) is 5.30. The SMILES string of the molecule is CC[C@@]1(C=O)C[C@H]2C=C[C@@H]1C2. The summed E-state index contributed by atoms with van der Waals surface area (Å²) >= 11 is 0. The molecular weight excluding hydrogens is 136 g/mol. The zero-order valence-electron chi connectivity index (χ0n) is 6.92. The molecule has 1 heteroatoms. The van der Waals surface area contributed by atoms with Gasteiger partial charge in [0.2, 0.25) is 0 Å². The van der Waals surface area contributed by atoms with Crippen LogP contribution in [0.2, 0.25) is 0 Å². The molecule has 0 N–H and O–H groups in total. The van der Waals surface area contributed by atoms with Crippen LogP contribution in [-0.4, -0.2) is 6.29 Å². The third-order valence-corrected chi connectivity index (χ3v) is 3.45. The van der Waals surface area contributed by atoms with Crippen molar-refractivity contribution in [1.82, 2.24) is 0 Å². The third-order valence-electron chi connectivity index (χ3n) is 3.45. The van der Waals surface area contributed by atoms with Crippen molar-refractivity contribution in [3.63, 3.8) is 0 Å². The number of aldehydes is 1. The number of fused-ring (bicyclic) bond motifs is 2. The molecule has 2 aliphatic rings. The fourth-order valence-electron chi connectivity index (χ4n) is 2.62. The van der Waals surface area contributed by atoms with Crippen LogP contribution in [-0.2, 0) is 4.79 Å². The van der Waals surface area contributed by atoms with Crippen molar-refractivity contribution in [2.45, 2.75) is 26.2 Å². The molecule has 0 unspecified atom stereocenters. The maximum atomic E-state index is 10.9. The van der Waals surface area contributed by atoms with E-state index in [1.165, 1.54) is 12.7 Å². The summed E-state index contributed by atoms with van der Waals surface area (Å²) in [7, 11) is 0. The Hall–Kier alpha value is -0.590. The Morgan fingerprint density at radius 3 is 2.73 bits per heavy atom. The maximum absolute atomic E-state index is 10.9. The average Bonchev–Trinajstić information content (AvgIpc) is 2.62. The Bertz CT molecular complexity index is 207. The fraction of sp³-hybridized carbons (Fsp3) is 0.700. The lowest BCUT2D eigenvalue weighted by molar-refractivity contribution is -0.117. The highest BCUT2D eigenvalue weighted by Crippen LogP contribution is 2.52. The summed E-state index contributed by atoms with van der Waals surface area (Å²) in [6.45, 7) is 2.13. The number of rotatable bonds is 2. The van der Waals surface area contributed by atoms with Crippen molar-refractivity contribution in [3.8, 4) is 0 Å². The van der Waals surface area contributed by atoms with Gasteiger partial charge >= 0.3 is 0 Å². The molecular formula is C10H14O. The lowest BCUT2D eigenvalue weighted by Crippen LogP contribution is -2.26. The summed E-state index contributed by atoms with van der Waals surface area (Å²) in [5.74, 6) is 1.28. The smallest absolute Gasteiger partial charge is 0.126 e. The molecule has 0 amide bonds. The first-order valence-electron chi connectivity index (χ1n) is 4.45. The molecule has 0 heterocycles. The molecule has 3 atom stereocenters. The lowest BCUT2D eigenvalue weighted by atomic mass is 9.75. The molecule has 0 radical (unpaired) electrons. The number of carbonyl (C=O) groups excluding carboxylic acids is 1. The van der Waals surface area contributed by atoms with Gasteiger partial charge in [-0.05, 0) is 31.1 Å². The summed E-state index contributed by atoms with van der Waals surface area (Å²) in [6, 6.07) is 0. The summed E-state index contributed by atoms with van der Waals surface area (Å²) in [4.78, 5) is 10.9. The van der Waals surface area contributed by atoms with Gasteiger partial charge in [-0.1, -0.05) is 19.1 Å². The van der Waals surface area contributed by atoms with Crippen molar-refractivity contribution in [2.75, 3.05) is 0 Å². The topological polar surface area (TPSA) is 17.1 Å². The van der Waals surface area contributed by atoms with Gasteiger partial charge in [0.15, 0.2) is 0 Å². The molecule has 11 heavy (non-hydrogen) atoms. The van der Waals surface area contributed by atoms with Gasteiger partial charge in [-0.3, -0.25) is 0 Å². The van der Waals surface area contributed by atoms with Gasteiger partial charge in [-0.15, -0.1) is 0 Å². The molecule has 0 aliphatic heterocycles. The second-order valence-electron chi connectivity index (χ2n) is 3.90. The molecule has 0 saturated heterocycles. The summed E-state index contributed by atoms with van der Waals surface area (Å²) in [6.07, 6.45) is 9.07. The van der Waals surface area contributed by atoms with Gasteiger partial charge in [-0.25, -0.2) is 0 Å². The molecule has 0 spiro atoms. The van der Waals surface area contributed by atoms with Crippen LogP contribution in [0.4, 0.5) is 0 Å². The second kappa shape index (κ2) is 2.20. The van der Waals surface area contributed by atoms with Crippen LogP contribution in [0.3, 0.4) is 0 Å². The quantitative estimate of drug-likeness (QED) is 0.435. The Kier molecular flexibility index (Phi) is 1.41. The van der Waals surface area contributed by atoms with Crippen molar-refractivity contribution in [2.24, 2.45) is 17.3 Å². The van der Waals surface area contributed by atoms with Gasteiger partial charge in [0.25, 0.3) is 0 Å². The number of carbonyl (C=O) groups is 1. The average molecular weight is 150 g/mol. The van der Waals surface area contributed by atoms with E-state index < -0.39 is 0 Å². The summed E-state index contributed by atoms with van der Waals surface area (Å²) < 4.78 is 0. The lowest BCUT2D eigenvalue weighted by Gasteiger charge is -2.27. The number of hydrogen-bond acceptors (Lipinski definition) is 1. The molecule has 2 rings (SSSR count). The zero-order chi connectivity index (χ0) is 7.90. The standard InChI is InChI=1S/C10H14O/c1-2-10(7-11)6-8-3-4-9(10)5-8/h3-4,7-9H,2,5-6H2,1H3/t8-,9+,10-/m0/s1. The fourth-order valence-corrected chi connectivity index (χ4v) is 2.62. The molecule has 1 fully saturated rings. The van der Waals surface area contributed by atoms with Gasteiger partial charge in [0, 0.05) is 5.41 Å². The number of hydrogen-bond donors (Lipinski definition) is 0. The van der Waals surface area contributed by atoms with E-state index in [1.807, 2.05) is 0 Å². The minimum atomic E-state index is 0.0272.